The average Bonchev–Trinajstić information content (AvgIpc) is 2.98. The van der Waals surface area contributed by atoms with E-state index in [9.17, 15) is 19.8 Å². The summed E-state index contributed by atoms with van der Waals surface area (Å²) < 4.78 is 10.5. The molecule has 0 aromatic rings. The van der Waals surface area contributed by atoms with Gasteiger partial charge >= 0.3 is 11.9 Å². The topological polar surface area (TPSA) is 93.1 Å². The quantitative estimate of drug-likeness (QED) is 0.0402. The van der Waals surface area contributed by atoms with Gasteiger partial charge in [-0.1, -0.05) is 133 Å². The minimum atomic E-state index is -0.821. The Balaban J connectivity index is 3.82. The Kier molecular flexibility index (Phi) is 29.2. The van der Waals surface area contributed by atoms with E-state index in [4.69, 9.17) is 9.47 Å². The largest absolute Gasteiger partial charge is 0.462 e. The monoisotopic (exact) mass is 602 g/mol. The molecule has 0 fully saturated rings. The Hall–Kier alpha value is -2.44. The van der Waals surface area contributed by atoms with Crippen LogP contribution in [0.2, 0.25) is 0 Å². The van der Waals surface area contributed by atoms with E-state index in [1.807, 2.05) is 36.5 Å². The minimum Gasteiger partial charge on any atom is -0.462 e. The highest BCUT2D eigenvalue weighted by atomic mass is 16.6. The van der Waals surface area contributed by atoms with Crippen LogP contribution in [0.1, 0.15) is 130 Å². The summed E-state index contributed by atoms with van der Waals surface area (Å²) in [6.07, 6.45) is 34.6. The van der Waals surface area contributed by atoms with Crippen LogP contribution >= 0.6 is 0 Å². The number of aliphatic hydroxyl groups is 2. The molecular formula is C37H62O6. The van der Waals surface area contributed by atoms with Gasteiger partial charge in [-0.25, -0.2) is 0 Å². The molecule has 0 aliphatic heterocycles. The molecule has 0 aliphatic rings. The van der Waals surface area contributed by atoms with E-state index in [0.717, 1.165) is 50.9 Å². The van der Waals surface area contributed by atoms with Crippen molar-refractivity contribution >= 4 is 11.9 Å². The summed E-state index contributed by atoms with van der Waals surface area (Å²) in [5.41, 5.74) is 0. The minimum absolute atomic E-state index is 0.109. The van der Waals surface area contributed by atoms with Gasteiger partial charge in [0.25, 0.3) is 0 Å². The molecule has 0 heterocycles. The lowest BCUT2D eigenvalue weighted by atomic mass is 10.0. The smallest absolute Gasteiger partial charge is 0.306 e. The Morgan fingerprint density at radius 1 is 0.721 bits per heavy atom. The second kappa shape index (κ2) is 31.0. The summed E-state index contributed by atoms with van der Waals surface area (Å²) in [7, 11) is 0. The number of ether oxygens (including phenoxy) is 2. The first kappa shape index (κ1) is 40.6. The highest BCUT2D eigenvalue weighted by molar-refractivity contribution is 5.70. The summed E-state index contributed by atoms with van der Waals surface area (Å²) >= 11 is 0. The fourth-order valence-electron chi connectivity index (χ4n) is 4.27. The molecule has 2 atom stereocenters. The van der Waals surface area contributed by atoms with E-state index >= 15 is 0 Å². The second-order valence-electron chi connectivity index (χ2n) is 11.5. The van der Waals surface area contributed by atoms with Crippen LogP contribution in [0, 0.1) is 5.92 Å². The molecule has 246 valence electrons. The van der Waals surface area contributed by atoms with Crippen LogP contribution in [-0.4, -0.2) is 47.6 Å². The van der Waals surface area contributed by atoms with Gasteiger partial charge in [0.2, 0.25) is 0 Å². The molecule has 2 N–H and O–H groups in total. The lowest BCUT2D eigenvalue weighted by molar-refractivity contribution is -0.161. The number of unbranched alkanes of at least 4 members (excludes halogenated alkanes) is 8. The number of allylic oxidation sites excluding steroid dienone is 8. The zero-order valence-electron chi connectivity index (χ0n) is 27.5. The predicted molar refractivity (Wildman–Crippen MR) is 179 cm³/mol. The molecule has 0 radical (unpaired) electrons. The first-order valence-corrected chi connectivity index (χ1v) is 16.8. The summed E-state index contributed by atoms with van der Waals surface area (Å²) in [4.78, 5) is 24.1. The molecule has 0 spiro atoms. The van der Waals surface area contributed by atoms with E-state index < -0.39 is 18.2 Å². The van der Waals surface area contributed by atoms with Gasteiger partial charge in [-0.05, 0) is 50.9 Å². The standard InChI is InChI=1S/C37H62O6/c1-4-5-6-7-17-22-27-34(39)28-23-18-13-9-11-15-20-25-30-37(41)43-35(31-38)32-42-36(40)29-24-19-14-10-8-12-16-21-26-33(2)3/h5-6,11,13,15,17-18,22-23,28,33-35,38-39H,4,7-10,12,14,16,19-21,24-27,29-32H2,1-3H3/b6-5-,15-11-,18-13-,22-17-,28-23+/t34?,35-/m0/s1. The number of esters is 2. The molecule has 0 saturated heterocycles. The molecule has 6 heteroatoms. The molecule has 1 unspecified atom stereocenters. The maximum Gasteiger partial charge on any atom is 0.306 e. The van der Waals surface area contributed by atoms with Crippen LogP contribution in [0.3, 0.4) is 0 Å². The molecule has 6 nitrogen and oxygen atoms in total. The van der Waals surface area contributed by atoms with Crippen molar-refractivity contribution in [3.8, 4) is 0 Å². The van der Waals surface area contributed by atoms with Gasteiger partial charge < -0.3 is 19.7 Å². The van der Waals surface area contributed by atoms with E-state index in [1.54, 1.807) is 6.08 Å². The van der Waals surface area contributed by atoms with Crippen LogP contribution in [0.5, 0.6) is 0 Å². The fourth-order valence-corrected chi connectivity index (χ4v) is 4.27. The molecule has 0 aromatic heterocycles. The van der Waals surface area contributed by atoms with E-state index in [1.165, 1.54) is 38.5 Å². The third kappa shape index (κ3) is 30.8. The van der Waals surface area contributed by atoms with Gasteiger partial charge in [0.15, 0.2) is 6.10 Å². The van der Waals surface area contributed by atoms with Crippen molar-refractivity contribution in [3.05, 3.63) is 60.8 Å². The first-order valence-electron chi connectivity index (χ1n) is 16.8. The Morgan fingerprint density at radius 3 is 2.05 bits per heavy atom. The summed E-state index contributed by atoms with van der Waals surface area (Å²) in [5.74, 6) is 0.0881. The Bertz CT molecular complexity index is 808. The van der Waals surface area contributed by atoms with Crippen LogP contribution in [0.4, 0.5) is 0 Å². The van der Waals surface area contributed by atoms with Crippen LogP contribution in [0.25, 0.3) is 0 Å². The van der Waals surface area contributed by atoms with Crippen molar-refractivity contribution in [2.45, 2.75) is 142 Å². The van der Waals surface area contributed by atoms with Gasteiger partial charge in [-0.3, -0.25) is 9.59 Å². The summed E-state index contributed by atoms with van der Waals surface area (Å²) in [5, 5.41) is 19.4. The van der Waals surface area contributed by atoms with Gasteiger partial charge in [0.1, 0.15) is 6.61 Å². The van der Waals surface area contributed by atoms with Crippen LogP contribution in [0.15, 0.2) is 60.8 Å². The summed E-state index contributed by atoms with van der Waals surface area (Å²) in [6, 6.07) is 0. The lowest BCUT2D eigenvalue weighted by Gasteiger charge is -2.15. The van der Waals surface area contributed by atoms with Crippen LogP contribution in [-0.2, 0) is 19.1 Å². The number of carbonyl (C=O) groups is 2. The molecule has 0 aliphatic carbocycles. The van der Waals surface area contributed by atoms with Crippen molar-refractivity contribution in [1.29, 1.82) is 0 Å². The van der Waals surface area contributed by atoms with Gasteiger partial charge in [0, 0.05) is 12.8 Å². The van der Waals surface area contributed by atoms with Gasteiger partial charge in [-0.15, -0.1) is 0 Å². The average molecular weight is 603 g/mol. The normalized spacial score (nSPS) is 13.8. The number of rotatable bonds is 28. The molecule has 0 aromatic carbocycles. The highest BCUT2D eigenvalue weighted by Crippen LogP contribution is 2.13. The molecule has 0 saturated carbocycles. The molecule has 0 bridgehead atoms. The first-order chi connectivity index (χ1) is 20.9. The Labute approximate surface area is 263 Å². The summed E-state index contributed by atoms with van der Waals surface area (Å²) in [6.45, 7) is 6.17. The number of carbonyl (C=O) groups excluding carboxylic acids is 2. The third-order valence-corrected chi connectivity index (χ3v) is 6.83. The zero-order chi connectivity index (χ0) is 31.8. The predicted octanol–water partition coefficient (Wildman–Crippen LogP) is 8.88. The van der Waals surface area contributed by atoms with Crippen molar-refractivity contribution in [2.24, 2.45) is 5.92 Å². The van der Waals surface area contributed by atoms with Crippen molar-refractivity contribution < 1.29 is 29.3 Å². The second-order valence-corrected chi connectivity index (χ2v) is 11.5. The van der Waals surface area contributed by atoms with Gasteiger partial charge in [0.05, 0.1) is 12.7 Å². The zero-order valence-corrected chi connectivity index (χ0v) is 27.5. The van der Waals surface area contributed by atoms with Crippen molar-refractivity contribution in [2.75, 3.05) is 13.2 Å². The number of aliphatic hydroxyl groups excluding tert-OH is 2. The third-order valence-electron chi connectivity index (χ3n) is 6.83. The lowest BCUT2D eigenvalue weighted by Crippen LogP contribution is -2.28. The number of hydrogen-bond acceptors (Lipinski definition) is 6. The molecule has 43 heavy (non-hydrogen) atoms. The van der Waals surface area contributed by atoms with Crippen LogP contribution < -0.4 is 0 Å². The maximum absolute atomic E-state index is 12.1. The maximum atomic E-state index is 12.1. The van der Waals surface area contributed by atoms with E-state index in [2.05, 4.69) is 39.0 Å². The Morgan fingerprint density at radius 2 is 1.35 bits per heavy atom. The molecular weight excluding hydrogens is 540 g/mol. The van der Waals surface area contributed by atoms with Crippen molar-refractivity contribution in [1.82, 2.24) is 0 Å². The highest BCUT2D eigenvalue weighted by Gasteiger charge is 2.15. The SMILES string of the molecule is CC/C=C\C/C=C\CC(O)/C=C/C=C\C/C=C\CCCC(=O)O[C@@H](CO)COC(=O)CCCCCCCCCCC(C)C. The van der Waals surface area contributed by atoms with Crippen molar-refractivity contribution in [3.63, 3.8) is 0 Å². The van der Waals surface area contributed by atoms with E-state index in [0.29, 0.717) is 19.3 Å². The molecule has 0 rings (SSSR count). The molecule has 0 amide bonds. The fraction of sp³-hybridized carbons (Fsp3) is 0.676. The van der Waals surface area contributed by atoms with Gasteiger partial charge in [-0.2, -0.15) is 0 Å². The number of hydrogen-bond donors (Lipinski definition) is 2. The van der Waals surface area contributed by atoms with E-state index in [-0.39, 0.29) is 25.6 Å².